The Kier molecular flexibility index (Phi) is 6.69. The zero-order valence-corrected chi connectivity index (χ0v) is 12.9. The van der Waals surface area contributed by atoms with Crippen LogP contribution in [0.4, 0.5) is 0 Å². The molecule has 21 heavy (non-hydrogen) atoms. The van der Waals surface area contributed by atoms with Crippen LogP contribution in [0.2, 0.25) is 0 Å². The second kappa shape index (κ2) is 8.27. The molecular weight excluding hydrogens is 288 g/mol. The molecule has 0 spiro atoms. The van der Waals surface area contributed by atoms with E-state index in [-0.39, 0.29) is 11.9 Å². The molecular formula is C16H19ClN2O2. The van der Waals surface area contributed by atoms with Gasteiger partial charge in [0.25, 0.3) is 0 Å². The van der Waals surface area contributed by atoms with Gasteiger partial charge < -0.3 is 10.6 Å². The number of carbonyl (C=O) groups is 1. The summed E-state index contributed by atoms with van der Waals surface area (Å²) in [6, 6.07) is 7.48. The molecule has 0 heterocycles. The van der Waals surface area contributed by atoms with Gasteiger partial charge in [-0.15, -0.1) is 0 Å². The lowest BCUT2D eigenvalue weighted by Crippen LogP contribution is -2.12. The maximum atomic E-state index is 11.7. The Morgan fingerprint density at radius 2 is 2.10 bits per heavy atom. The smallest absolute Gasteiger partial charge is 0.313 e. The summed E-state index contributed by atoms with van der Waals surface area (Å²) in [5.74, 6) is 4.64. The van der Waals surface area contributed by atoms with E-state index in [4.69, 9.17) is 22.2 Å². The molecule has 4 nitrogen and oxygen atoms in total. The minimum atomic E-state index is -0.308. The van der Waals surface area contributed by atoms with Crippen LogP contribution >= 0.6 is 11.6 Å². The predicted octanol–water partition coefficient (Wildman–Crippen LogP) is 3.43. The average molecular weight is 307 g/mol. The van der Waals surface area contributed by atoms with E-state index in [0.717, 1.165) is 16.7 Å². The fraction of sp³-hybridized carbons (Fsp3) is 0.250. The van der Waals surface area contributed by atoms with Crippen molar-refractivity contribution < 1.29 is 9.53 Å². The first kappa shape index (κ1) is 17.0. The van der Waals surface area contributed by atoms with Gasteiger partial charge in [-0.1, -0.05) is 42.4 Å². The van der Waals surface area contributed by atoms with Gasteiger partial charge in [0.2, 0.25) is 0 Å². The normalized spacial score (nSPS) is 13.2. The number of rotatable bonds is 6. The average Bonchev–Trinajstić information content (AvgIpc) is 2.46. The lowest BCUT2D eigenvalue weighted by Gasteiger charge is -2.11. The molecule has 0 saturated heterocycles. The van der Waals surface area contributed by atoms with Crippen LogP contribution in [0.1, 0.15) is 30.9 Å². The maximum absolute atomic E-state index is 11.7. The van der Waals surface area contributed by atoms with E-state index in [0.29, 0.717) is 11.6 Å². The molecule has 0 radical (unpaired) electrons. The summed E-state index contributed by atoms with van der Waals surface area (Å²) in [7, 11) is 0. The molecule has 0 saturated carbocycles. The van der Waals surface area contributed by atoms with Crippen LogP contribution in [0.15, 0.2) is 47.1 Å². The molecule has 5 heteroatoms. The van der Waals surface area contributed by atoms with E-state index < -0.39 is 0 Å². The quantitative estimate of drug-likeness (QED) is 0.288. The molecule has 0 amide bonds. The van der Waals surface area contributed by atoms with Crippen LogP contribution in [-0.4, -0.2) is 18.8 Å². The number of hydrogen-bond acceptors (Lipinski definition) is 4. The fourth-order valence-corrected chi connectivity index (χ4v) is 1.93. The molecule has 1 aromatic carbocycles. The zero-order valence-electron chi connectivity index (χ0n) is 12.2. The predicted molar refractivity (Wildman–Crippen MR) is 87.1 cm³/mol. The number of halogens is 1. The van der Waals surface area contributed by atoms with E-state index in [1.807, 2.05) is 31.2 Å². The molecule has 1 unspecified atom stereocenters. The molecule has 0 aliphatic heterocycles. The van der Waals surface area contributed by atoms with Crippen molar-refractivity contribution in [1.29, 1.82) is 0 Å². The summed E-state index contributed by atoms with van der Waals surface area (Å²) >= 11 is 5.78. The Labute approximate surface area is 129 Å². The minimum absolute atomic E-state index is 0.237. The Hall–Kier alpha value is -2.07. The molecule has 2 N–H and O–H groups in total. The third-order valence-corrected chi connectivity index (χ3v) is 3.02. The topological polar surface area (TPSA) is 64.7 Å². The lowest BCUT2D eigenvalue weighted by molar-refractivity contribution is -0.144. The van der Waals surface area contributed by atoms with Crippen molar-refractivity contribution in [2.45, 2.75) is 19.8 Å². The number of allylic oxidation sites excluding steroid dienone is 3. The Morgan fingerprint density at radius 3 is 2.57 bits per heavy atom. The van der Waals surface area contributed by atoms with Gasteiger partial charge in [-0.3, -0.25) is 4.79 Å². The largest absolute Gasteiger partial charge is 0.466 e. The summed E-state index contributed by atoms with van der Waals surface area (Å²) < 4.78 is 5.01. The van der Waals surface area contributed by atoms with Crippen molar-refractivity contribution in [3.8, 4) is 0 Å². The molecule has 0 bridgehead atoms. The molecule has 1 atom stereocenters. The fourth-order valence-electron chi connectivity index (χ4n) is 1.81. The van der Waals surface area contributed by atoms with Crippen LogP contribution in [0.25, 0.3) is 5.57 Å². The third-order valence-electron chi connectivity index (χ3n) is 2.91. The maximum Gasteiger partial charge on any atom is 0.313 e. The number of ether oxygens (including phenoxy) is 1. The summed E-state index contributed by atoms with van der Waals surface area (Å²) in [5, 5.41) is 3.89. The van der Waals surface area contributed by atoms with Gasteiger partial charge >= 0.3 is 5.97 Å². The summed E-state index contributed by atoms with van der Waals surface area (Å²) in [6.45, 7) is 7.59. The molecule has 112 valence electrons. The van der Waals surface area contributed by atoms with Gasteiger partial charge in [0.1, 0.15) is 0 Å². The van der Waals surface area contributed by atoms with Crippen molar-refractivity contribution >= 4 is 29.4 Å². The second-order valence-corrected chi connectivity index (χ2v) is 4.91. The van der Waals surface area contributed by atoms with Crippen molar-refractivity contribution in [2.24, 2.45) is 10.9 Å². The molecule has 1 aromatic rings. The van der Waals surface area contributed by atoms with Crippen LogP contribution in [-0.2, 0) is 9.53 Å². The first-order chi connectivity index (χ1) is 9.99. The number of nitrogens with zero attached hydrogens (tertiary/aromatic N) is 1. The van der Waals surface area contributed by atoms with E-state index in [1.165, 1.54) is 6.21 Å². The van der Waals surface area contributed by atoms with Gasteiger partial charge in [-0.2, -0.15) is 5.10 Å². The lowest BCUT2D eigenvalue weighted by atomic mass is 9.97. The molecule has 1 rings (SSSR count). The van der Waals surface area contributed by atoms with Crippen LogP contribution in [0, 0.1) is 0 Å². The third kappa shape index (κ3) is 5.08. The van der Waals surface area contributed by atoms with E-state index in [9.17, 15) is 4.79 Å². The first-order valence-corrected chi connectivity index (χ1v) is 6.93. The van der Waals surface area contributed by atoms with Gasteiger partial charge in [0, 0.05) is 10.6 Å². The van der Waals surface area contributed by atoms with Crippen molar-refractivity contribution in [2.75, 3.05) is 6.61 Å². The number of nitrogens with two attached hydrogens (primary N) is 1. The number of hydrogen-bond donors (Lipinski definition) is 1. The van der Waals surface area contributed by atoms with E-state index >= 15 is 0 Å². The molecule has 0 aliphatic rings. The van der Waals surface area contributed by atoms with Gasteiger partial charge in [-0.05, 0) is 31.1 Å². The Morgan fingerprint density at radius 1 is 1.48 bits per heavy atom. The van der Waals surface area contributed by atoms with Crippen LogP contribution < -0.4 is 5.84 Å². The van der Waals surface area contributed by atoms with Crippen molar-refractivity contribution in [1.82, 2.24) is 0 Å². The van der Waals surface area contributed by atoms with Crippen molar-refractivity contribution in [3.05, 3.63) is 53.1 Å². The Bertz CT molecular complexity index is 562. The van der Waals surface area contributed by atoms with Gasteiger partial charge in [-0.25, -0.2) is 0 Å². The molecule has 0 fully saturated rings. The van der Waals surface area contributed by atoms with E-state index in [1.54, 1.807) is 13.0 Å². The van der Waals surface area contributed by atoms with Gasteiger partial charge in [0.05, 0.1) is 18.7 Å². The van der Waals surface area contributed by atoms with Gasteiger partial charge in [0.15, 0.2) is 0 Å². The minimum Gasteiger partial charge on any atom is -0.466 e. The van der Waals surface area contributed by atoms with Crippen LogP contribution in [0.3, 0.4) is 0 Å². The highest BCUT2D eigenvalue weighted by molar-refractivity contribution is 6.32. The number of benzene rings is 1. The number of esters is 1. The number of carbonyl (C=O) groups excluding carboxylic acids is 1. The highest BCUT2D eigenvalue weighted by Crippen LogP contribution is 2.21. The highest BCUT2D eigenvalue weighted by Gasteiger charge is 2.16. The molecule has 0 aliphatic carbocycles. The standard InChI is InChI=1S/C16H19ClN2O2/c1-4-21-16(20)12(3)13-5-7-14(8-6-13)15(10-19-18)9-11(2)17/h5-10,12H,2,4,18H2,1,3H3/b15-9+,19-10-. The first-order valence-electron chi connectivity index (χ1n) is 6.56. The van der Waals surface area contributed by atoms with Crippen molar-refractivity contribution in [3.63, 3.8) is 0 Å². The summed E-state index contributed by atoms with van der Waals surface area (Å²) in [6.07, 6.45) is 3.17. The summed E-state index contributed by atoms with van der Waals surface area (Å²) in [4.78, 5) is 11.7. The summed E-state index contributed by atoms with van der Waals surface area (Å²) in [5.41, 5.74) is 2.50. The highest BCUT2D eigenvalue weighted by atomic mass is 35.5. The van der Waals surface area contributed by atoms with Crippen LogP contribution in [0.5, 0.6) is 0 Å². The SMILES string of the molecule is C=C(Cl)/C=C(\C=N/N)c1ccc(C(C)C(=O)OCC)cc1. The van der Waals surface area contributed by atoms with E-state index in [2.05, 4.69) is 11.7 Å². The Balaban J connectivity index is 3.00. The molecule has 0 aromatic heterocycles. The number of hydrazone groups is 1. The second-order valence-electron chi connectivity index (χ2n) is 4.42. The zero-order chi connectivity index (χ0) is 15.8. The monoisotopic (exact) mass is 306 g/mol.